The highest BCUT2D eigenvalue weighted by molar-refractivity contribution is 7.38. The number of nitrogens with zero attached hydrogens (tertiary/aromatic N) is 2. The molecule has 14 rings (SSSR count). The van der Waals surface area contributed by atoms with Crippen LogP contribution in [0.2, 0.25) is 0 Å². The maximum atomic E-state index is 12.0. The second-order valence-corrected chi connectivity index (χ2v) is 33.6. The van der Waals surface area contributed by atoms with Crippen LogP contribution < -0.4 is 9.47 Å². The predicted molar refractivity (Wildman–Crippen MR) is 398 cm³/mol. The Morgan fingerprint density at radius 1 is 0.370 bits per heavy atom. The molecule has 0 radical (unpaired) electrons. The molecule has 14 heteroatoms. The molecule has 472 valence electrons. The lowest BCUT2D eigenvalue weighted by atomic mass is 9.67. The number of fused-ring (bicyclic) bond motifs is 13. The first kappa shape index (κ1) is 63.5. The Balaban J connectivity index is 0.911. The predicted octanol–water partition coefficient (Wildman–Crippen LogP) is 25.3. The summed E-state index contributed by atoms with van der Waals surface area (Å²) in [4.78, 5) is 42.4. The van der Waals surface area contributed by atoms with Crippen molar-refractivity contribution in [3.63, 3.8) is 0 Å². The number of hydrogen-bond acceptors (Lipinski definition) is 14. The molecule has 0 spiro atoms. The fraction of sp³-hybridized carbons (Fsp3) is 0.359. The van der Waals surface area contributed by atoms with Crippen molar-refractivity contribution >= 4 is 131 Å². The van der Waals surface area contributed by atoms with Gasteiger partial charge in [0.1, 0.15) is 21.5 Å². The average molecular weight is 1360 g/mol. The fourth-order valence-electron chi connectivity index (χ4n) is 14.3. The summed E-state index contributed by atoms with van der Waals surface area (Å²) in [7, 11) is 0. The lowest BCUT2D eigenvalue weighted by Crippen LogP contribution is -2.29. The molecule has 0 amide bonds. The molecule has 4 aromatic carbocycles. The summed E-state index contributed by atoms with van der Waals surface area (Å²) < 4.78 is 20.9. The zero-order valence-corrected chi connectivity index (χ0v) is 59.6. The van der Waals surface area contributed by atoms with E-state index in [2.05, 4.69) is 137 Å². The summed E-state index contributed by atoms with van der Waals surface area (Å²) in [6.07, 6.45) is 31.0. The van der Waals surface area contributed by atoms with E-state index in [1.165, 1.54) is 242 Å². The van der Waals surface area contributed by atoms with Gasteiger partial charge in [-0.1, -0.05) is 213 Å². The van der Waals surface area contributed by atoms with E-state index < -0.39 is 10.8 Å². The van der Waals surface area contributed by atoms with Gasteiger partial charge >= 0.3 is 0 Å². The SMILES string of the molecule is CCCCCCCCCCCCOc1ccc(C2(c3ccc(C)cc3)c3c(sc4cc(-c5ncc(C=O)s5)sc34)-c3sc4c5c(sc4c32)-c2sc3cc(-c4ncc(C=O)s4)sc3c2C5(c2ccc(C)cc2)c2ccc(OCCCCCCCCCCCC)cc2)cc1. The topological polar surface area (TPSA) is 78.4 Å². The minimum Gasteiger partial charge on any atom is -0.494 e. The van der Waals surface area contributed by atoms with E-state index in [4.69, 9.17) is 19.4 Å². The Kier molecular flexibility index (Phi) is 19.4. The van der Waals surface area contributed by atoms with Crippen LogP contribution in [-0.4, -0.2) is 35.8 Å². The number of unbranched alkanes of at least 4 members (excludes halogenated alkanes) is 18. The molecule has 2 atom stereocenters. The number of ether oxygens (including phenoxy) is 2. The normalized spacial score (nSPS) is 15.7. The number of carbonyl (C=O) groups excluding carboxylic acids is 2. The van der Waals surface area contributed by atoms with Crippen LogP contribution in [0.3, 0.4) is 0 Å². The van der Waals surface area contributed by atoms with Crippen LogP contribution in [0.5, 0.6) is 11.5 Å². The van der Waals surface area contributed by atoms with Crippen LogP contribution in [0, 0.1) is 13.8 Å². The van der Waals surface area contributed by atoms with E-state index in [0.717, 1.165) is 56.7 Å². The van der Waals surface area contributed by atoms with Crippen LogP contribution in [0.4, 0.5) is 0 Å². The zero-order valence-electron chi connectivity index (χ0n) is 53.1. The molecule has 8 heterocycles. The number of aromatic nitrogens is 2. The lowest BCUT2D eigenvalue weighted by molar-refractivity contribution is 0.111. The highest BCUT2D eigenvalue weighted by atomic mass is 32.1. The van der Waals surface area contributed by atoms with Crippen LogP contribution in [0.15, 0.2) is 122 Å². The minimum atomic E-state index is -0.706. The Labute approximate surface area is 573 Å². The quantitative estimate of drug-likeness (QED) is 0.0309. The molecule has 0 N–H and O–H groups in total. The first-order valence-corrected chi connectivity index (χ1v) is 40.0. The third kappa shape index (κ3) is 11.8. The van der Waals surface area contributed by atoms with Gasteiger partial charge in [0.15, 0.2) is 12.6 Å². The highest BCUT2D eigenvalue weighted by Crippen LogP contribution is 2.72. The van der Waals surface area contributed by atoms with E-state index in [-0.39, 0.29) is 0 Å². The summed E-state index contributed by atoms with van der Waals surface area (Å²) in [5.41, 5.74) is 11.3. The Morgan fingerprint density at radius 3 is 1.02 bits per heavy atom. The molecule has 0 bridgehead atoms. The molecule has 12 aromatic rings. The summed E-state index contributed by atoms with van der Waals surface area (Å²) in [5, 5.41) is 1.75. The van der Waals surface area contributed by atoms with E-state index in [0.29, 0.717) is 23.0 Å². The molecule has 0 saturated heterocycles. The molecule has 2 aliphatic carbocycles. The highest BCUT2D eigenvalue weighted by Gasteiger charge is 2.56. The van der Waals surface area contributed by atoms with Gasteiger partial charge in [0.2, 0.25) is 0 Å². The summed E-state index contributed by atoms with van der Waals surface area (Å²) >= 11 is 14.4. The molecule has 0 aliphatic heterocycles. The number of carbonyl (C=O) groups is 2. The van der Waals surface area contributed by atoms with Gasteiger partial charge in [0, 0.05) is 44.0 Å². The molecular weight excluding hydrogens is 1290 g/mol. The molecule has 92 heavy (non-hydrogen) atoms. The number of aldehydes is 2. The Hall–Kier alpha value is -5.94. The van der Waals surface area contributed by atoms with Crippen molar-refractivity contribution < 1.29 is 19.1 Å². The van der Waals surface area contributed by atoms with Gasteiger partial charge < -0.3 is 9.47 Å². The first-order chi connectivity index (χ1) is 45.3. The van der Waals surface area contributed by atoms with Gasteiger partial charge in [-0.05, 0) is 85.3 Å². The van der Waals surface area contributed by atoms with Gasteiger partial charge in [-0.2, -0.15) is 0 Å². The molecular formula is C78H78N2O4S8. The van der Waals surface area contributed by atoms with Gasteiger partial charge in [-0.25, -0.2) is 9.97 Å². The molecule has 0 fully saturated rings. The van der Waals surface area contributed by atoms with Crippen molar-refractivity contribution in [2.75, 3.05) is 13.2 Å². The first-order valence-electron chi connectivity index (χ1n) is 33.4. The Bertz CT molecular complexity index is 4240. The van der Waals surface area contributed by atoms with E-state index in [1.54, 1.807) is 12.4 Å². The standard InChI is InChI=1S/C78H78N2O4S8/c1-5-7-9-11-13-15-17-19-21-23-41-83-55-37-33-53(34-38-55)77(51-29-25-49(3)26-30-51)63-67-59(43-61(89-67)75-79-45-57(47-81)85-75)87-69(63)71-65(77)73-74(91-71)66-72(92-73)70-64(68-60(88-70)44-62(90-68)76-80-46-58(48-82)86-76)78(66,52-31-27-50(4)28-32-52)54-35-39-56(40-36-54)84-42-24-22-20-18-16-14-12-10-8-6-2/h25-40,43-48H,5-24,41-42H2,1-4H3. The molecule has 2 aliphatic rings. The number of rotatable bonds is 32. The van der Waals surface area contributed by atoms with Crippen molar-refractivity contribution in [3.8, 4) is 50.8 Å². The molecule has 6 nitrogen and oxygen atoms in total. The zero-order chi connectivity index (χ0) is 62.8. The van der Waals surface area contributed by atoms with Gasteiger partial charge in [-0.15, -0.1) is 90.7 Å². The lowest BCUT2D eigenvalue weighted by Gasteiger charge is -2.34. The van der Waals surface area contributed by atoms with Crippen molar-refractivity contribution in [3.05, 3.63) is 187 Å². The average Bonchev–Trinajstić information content (AvgIpc) is 1.48. The molecule has 0 saturated carbocycles. The van der Waals surface area contributed by atoms with Crippen LogP contribution in [0.1, 0.15) is 217 Å². The van der Waals surface area contributed by atoms with Crippen LogP contribution in [-0.2, 0) is 10.8 Å². The minimum absolute atomic E-state index is 0.634. The summed E-state index contributed by atoms with van der Waals surface area (Å²) in [6.45, 7) is 10.4. The van der Waals surface area contributed by atoms with Crippen molar-refractivity contribution in [1.29, 1.82) is 0 Å². The van der Waals surface area contributed by atoms with Crippen molar-refractivity contribution in [2.24, 2.45) is 0 Å². The second-order valence-electron chi connectivity index (χ2n) is 25.2. The van der Waals surface area contributed by atoms with Crippen LogP contribution >= 0.6 is 90.7 Å². The van der Waals surface area contributed by atoms with Gasteiger partial charge in [0.25, 0.3) is 0 Å². The second kappa shape index (κ2) is 28.2. The number of hydrogen-bond donors (Lipinski definition) is 0. The number of thiophene rings is 6. The summed E-state index contributed by atoms with van der Waals surface area (Å²) in [5.74, 6) is 1.81. The van der Waals surface area contributed by atoms with Crippen LogP contribution in [0.25, 0.3) is 67.5 Å². The fourth-order valence-corrected chi connectivity index (χ4v) is 24.8. The molecule has 2 unspecified atom stereocenters. The number of thiazole rings is 2. The van der Waals surface area contributed by atoms with E-state index in [9.17, 15) is 9.59 Å². The smallest absolute Gasteiger partial charge is 0.161 e. The third-order valence-corrected chi connectivity index (χ3v) is 28.8. The maximum Gasteiger partial charge on any atom is 0.161 e. The summed E-state index contributed by atoms with van der Waals surface area (Å²) in [6, 6.07) is 41.8. The number of aryl methyl sites for hydroxylation is 2. The third-order valence-electron chi connectivity index (χ3n) is 18.9. The van der Waals surface area contributed by atoms with Crippen molar-refractivity contribution in [2.45, 2.75) is 167 Å². The Morgan fingerprint density at radius 2 is 0.685 bits per heavy atom. The van der Waals surface area contributed by atoms with Crippen molar-refractivity contribution in [1.82, 2.24) is 9.97 Å². The van der Waals surface area contributed by atoms with E-state index >= 15 is 0 Å². The largest absolute Gasteiger partial charge is 0.494 e. The monoisotopic (exact) mass is 1360 g/mol. The maximum absolute atomic E-state index is 12.0. The number of benzene rings is 4. The molecule has 8 aromatic heterocycles. The van der Waals surface area contributed by atoms with Gasteiger partial charge in [-0.3, -0.25) is 9.59 Å². The van der Waals surface area contributed by atoms with E-state index in [1.807, 2.05) is 68.0 Å². The van der Waals surface area contributed by atoms with Gasteiger partial charge in [0.05, 0.1) is 81.9 Å².